The number of benzene rings is 2. The fourth-order valence-electron chi connectivity index (χ4n) is 4.98. The normalized spacial score (nSPS) is 13.9. The molecule has 0 N–H and O–H groups in total. The Morgan fingerprint density at radius 1 is 0.842 bits per heavy atom. The summed E-state index contributed by atoms with van der Waals surface area (Å²) in [6.07, 6.45) is 2.10. The number of furan rings is 1. The van der Waals surface area contributed by atoms with Crippen LogP contribution in [0.4, 0.5) is 0 Å². The highest BCUT2D eigenvalue weighted by molar-refractivity contribution is 5.91. The topological polar surface area (TPSA) is 106 Å². The lowest BCUT2D eigenvalue weighted by molar-refractivity contribution is -0.132. The first-order valence-electron chi connectivity index (χ1n) is 12.6. The molecule has 38 heavy (non-hydrogen) atoms. The predicted octanol–water partition coefficient (Wildman–Crippen LogP) is 2.60. The molecule has 0 atom stereocenters. The molecular weight excluding hydrogens is 484 g/mol. The third-order valence-electron chi connectivity index (χ3n) is 6.97. The molecule has 0 aliphatic carbocycles. The smallest absolute Gasteiger partial charge is 0.289 e. The van der Waals surface area contributed by atoms with Gasteiger partial charge in [-0.05, 0) is 29.8 Å². The van der Waals surface area contributed by atoms with E-state index in [1.165, 1.54) is 6.26 Å². The second-order valence-corrected chi connectivity index (χ2v) is 9.30. The van der Waals surface area contributed by atoms with Gasteiger partial charge < -0.3 is 14.2 Å². The molecule has 1 saturated heterocycles. The lowest BCUT2D eigenvalue weighted by atomic mass is 10.2. The van der Waals surface area contributed by atoms with Crippen LogP contribution in [0.1, 0.15) is 28.4 Å². The highest BCUT2D eigenvalue weighted by Crippen LogP contribution is 2.17. The van der Waals surface area contributed by atoms with E-state index in [2.05, 4.69) is 10.2 Å². The van der Waals surface area contributed by atoms with Gasteiger partial charge in [0.1, 0.15) is 5.82 Å². The van der Waals surface area contributed by atoms with Crippen LogP contribution in [0.25, 0.3) is 16.7 Å². The Bertz CT molecular complexity index is 1660. The standard InChI is InChI=1S/C28H26N6O4/c35-25(31-14-16-32(17-15-31)27(37)23-11-6-18-38-23)13-12-24-29-30-28-33(19-20-7-2-1-3-8-20)26(36)21-9-4-5-10-22(21)34(24)28/h1-11,18H,12-17,19H2. The maximum absolute atomic E-state index is 13.4. The van der Waals surface area contributed by atoms with Gasteiger partial charge in [-0.2, -0.15) is 0 Å². The van der Waals surface area contributed by atoms with E-state index in [1.807, 2.05) is 52.9 Å². The Labute approximate surface area is 217 Å². The quantitative estimate of drug-likeness (QED) is 0.348. The van der Waals surface area contributed by atoms with Gasteiger partial charge in [-0.15, -0.1) is 10.2 Å². The van der Waals surface area contributed by atoms with Gasteiger partial charge in [-0.1, -0.05) is 42.5 Å². The number of para-hydroxylation sites is 1. The van der Waals surface area contributed by atoms with Crippen LogP contribution in [0.15, 0.2) is 82.2 Å². The number of carbonyl (C=O) groups is 2. The zero-order valence-corrected chi connectivity index (χ0v) is 20.7. The zero-order valence-electron chi connectivity index (χ0n) is 20.7. The summed E-state index contributed by atoms with van der Waals surface area (Å²) in [6.45, 7) is 2.20. The molecular formula is C28H26N6O4. The molecule has 2 aromatic carbocycles. The van der Waals surface area contributed by atoms with Gasteiger partial charge in [-0.25, -0.2) is 0 Å². The van der Waals surface area contributed by atoms with E-state index in [9.17, 15) is 14.4 Å². The van der Waals surface area contributed by atoms with Crippen LogP contribution in [0, 0.1) is 0 Å². The molecule has 192 valence electrons. The summed E-state index contributed by atoms with van der Waals surface area (Å²) in [6, 6.07) is 20.5. The molecule has 10 nitrogen and oxygen atoms in total. The summed E-state index contributed by atoms with van der Waals surface area (Å²) in [5.41, 5.74) is 1.57. The summed E-state index contributed by atoms with van der Waals surface area (Å²) >= 11 is 0. The van der Waals surface area contributed by atoms with Crippen molar-refractivity contribution in [1.29, 1.82) is 0 Å². The van der Waals surface area contributed by atoms with Gasteiger partial charge in [0.2, 0.25) is 11.7 Å². The monoisotopic (exact) mass is 510 g/mol. The first-order chi connectivity index (χ1) is 18.6. The van der Waals surface area contributed by atoms with E-state index in [0.717, 1.165) is 5.56 Å². The van der Waals surface area contributed by atoms with Crippen LogP contribution in [-0.4, -0.2) is 67.0 Å². The number of aryl methyl sites for hydroxylation is 1. The molecule has 10 heteroatoms. The number of piperazine rings is 1. The third kappa shape index (κ3) is 4.34. The average Bonchev–Trinajstić information content (AvgIpc) is 3.65. The Morgan fingerprint density at radius 3 is 2.34 bits per heavy atom. The number of rotatable bonds is 6. The van der Waals surface area contributed by atoms with Crippen LogP contribution in [-0.2, 0) is 17.8 Å². The van der Waals surface area contributed by atoms with Crippen molar-refractivity contribution < 1.29 is 14.0 Å². The summed E-state index contributed by atoms with van der Waals surface area (Å²) in [7, 11) is 0. The SMILES string of the molecule is O=C(CCc1nnc2n(Cc3ccccc3)c(=O)c3ccccc3n12)N1CCN(C(=O)c2ccco2)CC1. The van der Waals surface area contributed by atoms with Crippen molar-refractivity contribution >= 4 is 28.5 Å². The van der Waals surface area contributed by atoms with Crippen LogP contribution in [0.3, 0.4) is 0 Å². The number of hydrogen-bond acceptors (Lipinski definition) is 6. The van der Waals surface area contributed by atoms with Crippen LogP contribution >= 0.6 is 0 Å². The number of nitrogens with zero attached hydrogens (tertiary/aromatic N) is 6. The maximum atomic E-state index is 13.4. The molecule has 0 radical (unpaired) electrons. The Balaban J connectivity index is 1.21. The molecule has 0 bridgehead atoms. The van der Waals surface area contributed by atoms with Crippen molar-refractivity contribution in [3.63, 3.8) is 0 Å². The molecule has 0 spiro atoms. The summed E-state index contributed by atoms with van der Waals surface area (Å²) < 4.78 is 8.72. The highest BCUT2D eigenvalue weighted by atomic mass is 16.3. The first kappa shape index (κ1) is 23.7. The number of carbonyl (C=O) groups excluding carboxylic acids is 2. The van der Waals surface area contributed by atoms with Crippen LogP contribution in [0.5, 0.6) is 0 Å². The number of aromatic nitrogens is 4. The molecule has 1 aliphatic heterocycles. The molecule has 6 rings (SSSR count). The molecule has 2 amide bonds. The lowest BCUT2D eigenvalue weighted by Gasteiger charge is -2.34. The predicted molar refractivity (Wildman–Crippen MR) is 140 cm³/mol. The molecule has 0 saturated carbocycles. The van der Waals surface area contributed by atoms with Crippen molar-refractivity contribution in [3.05, 3.63) is 100 Å². The van der Waals surface area contributed by atoms with Gasteiger partial charge in [0.25, 0.3) is 11.5 Å². The fraction of sp³-hybridized carbons (Fsp3) is 0.250. The average molecular weight is 511 g/mol. The van der Waals surface area contributed by atoms with E-state index in [0.29, 0.717) is 67.4 Å². The summed E-state index contributed by atoms with van der Waals surface area (Å²) in [5.74, 6) is 1.21. The second-order valence-electron chi connectivity index (χ2n) is 9.30. The van der Waals surface area contributed by atoms with Gasteiger partial charge in [-0.3, -0.25) is 23.4 Å². The second kappa shape index (κ2) is 9.97. The Kier molecular flexibility index (Phi) is 6.20. The minimum absolute atomic E-state index is 0.00578. The Hall–Kier alpha value is -4.73. The van der Waals surface area contributed by atoms with E-state index < -0.39 is 0 Å². The Morgan fingerprint density at radius 2 is 1.58 bits per heavy atom. The van der Waals surface area contributed by atoms with Gasteiger partial charge in [0.05, 0.1) is 23.7 Å². The van der Waals surface area contributed by atoms with Crippen molar-refractivity contribution in [3.8, 4) is 0 Å². The minimum atomic E-state index is -0.162. The zero-order chi connectivity index (χ0) is 26.1. The number of amides is 2. The highest BCUT2D eigenvalue weighted by Gasteiger charge is 2.26. The molecule has 4 heterocycles. The molecule has 1 aliphatic rings. The maximum Gasteiger partial charge on any atom is 0.289 e. The van der Waals surface area contributed by atoms with Crippen LogP contribution in [0.2, 0.25) is 0 Å². The van der Waals surface area contributed by atoms with Crippen LogP contribution < -0.4 is 5.56 Å². The number of fused-ring (bicyclic) bond motifs is 3. The van der Waals surface area contributed by atoms with Crippen molar-refractivity contribution in [2.45, 2.75) is 19.4 Å². The van der Waals surface area contributed by atoms with Gasteiger partial charge in [0.15, 0.2) is 5.76 Å². The summed E-state index contributed by atoms with van der Waals surface area (Å²) in [4.78, 5) is 42.4. The molecule has 1 fully saturated rings. The van der Waals surface area contributed by atoms with Crippen molar-refractivity contribution in [2.24, 2.45) is 0 Å². The van der Waals surface area contributed by atoms with E-state index in [-0.39, 0.29) is 23.8 Å². The van der Waals surface area contributed by atoms with Crippen molar-refractivity contribution in [2.75, 3.05) is 26.2 Å². The van der Waals surface area contributed by atoms with E-state index >= 15 is 0 Å². The molecule has 0 unspecified atom stereocenters. The molecule has 5 aromatic rings. The largest absolute Gasteiger partial charge is 0.459 e. The van der Waals surface area contributed by atoms with Crippen molar-refractivity contribution in [1.82, 2.24) is 29.0 Å². The van der Waals surface area contributed by atoms with E-state index in [1.54, 1.807) is 32.6 Å². The van der Waals surface area contributed by atoms with Gasteiger partial charge >= 0.3 is 0 Å². The fourth-order valence-corrected chi connectivity index (χ4v) is 4.98. The van der Waals surface area contributed by atoms with Gasteiger partial charge in [0, 0.05) is 39.0 Å². The lowest BCUT2D eigenvalue weighted by Crippen LogP contribution is -2.50. The van der Waals surface area contributed by atoms with E-state index in [4.69, 9.17) is 4.42 Å². The minimum Gasteiger partial charge on any atom is -0.459 e. The molecule has 3 aromatic heterocycles. The first-order valence-corrected chi connectivity index (χ1v) is 12.6. The number of hydrogen-bond donors (Lipinski definition) is 0. The summed E-state index contributed by atoms with van der Waals surface area (Å²) in [5, 5.41) is 9.33. The third-order valence-corrected chi connectivity index (χ3v) is 6.97.